The fraction of sp³-hybridized carbons (Fsp3) is 0.500. The van der Waals surface area contributed by atoms with Gasteiger partial charge in [0.05, 0.1) is 24.6 Å². The molecular formula is C14H20N2O. The minimum absolute atomic E-state index is 0.0680. The fourth-order valence-electron chi connectivity index (χ4n) is 2.21. The molecule has 0 aromatic heterocycles. The molecule has 0 aliphatic carbocycles. The van der Waals surface area contributed by atoms with Gasteiger partial charge in [0.15, 0.2) is 0 Å². The monoisotopic (exact) mass is 232 g/mol. The molecule has 1 aromatic carbocycles. The fourth-order valence-corrected chi connectivity index (χ4v) is 2.21. The van der Waals surface area contributed by atoms with Gasteiger partial charge in [0.2, 0.25) is 0 Å². The van der Waals surface area contributed by atoms with Crippen molar-refractivity contribution >= 4 is 0 Å². The molecule has 0 spiro atoms. The van der Waals surface area contributed by atoms with Crippen LogP contribution in [0.2, 0.25) is 0 Å². The van der Waals surface area contributed by atoms with Crippen LogP contribution in [0, 0.1) is 16.7 Å². The maximum Gasteiger partial charge on any atom is 0.118 e. The molecule has 3 heteroatoms. The molecule has 0 bridgehead atoms. The number of hydrogen-bond donors (Lipinski definition) is 0. The highest BCUT2D eigenvalue weighted by atomic mass is 16.5. The Bertz CT molecular complexity index is 401. The smallest absolute Gasteiger partial charge is 0.118 e. The van der Waals surface area contributed by atoms with E-state index in [9.17, 15) is 5.26 Å². The molecule has 0 N–H and O–H groups in total. The van der Waals surface area contributed by atoms with E-state index in [1.807, 2.05) is 52.2 Å². The molecule has 92 valence electrons. The van der Waals surface area contributed by atoms with Gasteiger partial charge in [-0.15, -0.1) is 0 Å². The van der Waals surface area contributed by atoms with Crippen LogP contribution in [0.5, 0.6) is 5.75 Å². The second-order valence-corrected chi connectivity index (χ2v) is 4.97. The van der Waals surface area contributed by atoms with E-state index in [0.29, 0.717) is 0 Å². The van der Waals surface area contributed by atoms with E-state index in [2.05, 4.69) is 11.0 Å². The SMILES string of the molecule is COc1ccc(C(N(C)C)C(C)(C)C#N)cc1. The third-order valence-corrected chi connectivity index (χ3v) is 2.92. The highest BCUT2D eigenvalue weighted by molar-refractivity contribution is 5.31. The summed E-state index contributed by atoms with van der Waals surface area (Å²) in [5.41, 5.74) is 0.695. The normalized spacial score (nSPS) is 13.2. The zero-order chi connectivity index (χ0) is 13.1. The maximum atomic E-state index is 9.27. The van der Waals surface area contributed by atoms with Gasteiger partial charge < -0.3 is 9.64 Å². The number of rotatable bonds is 4. The van der Waals surface area contributed by atoms with Crippen molar-refractivity contribution in [2.45, 2.75) is 19.9 Å². The average molecular weight is 232 g/mol. The molecule has 1 aromatic rings. The second kappa shape index (κ2) is 5.20. The lowest BCUT2D eigenvalue weighted by Crippen LogP contribution is -2.32. The molecule has 0 saturated carbocycles. The quantitative estimate of drug-likeness (QED) is 0.801. The Kier molecular flexibility index (Phi) is 4.14. The van der Waals surface area contributed by atoms with Crippen molar-refractivity contribution in [3.8, 4) is 11.8 Å². The van der Waals surface area contributed by atoms with Crippen molar-refractivity contribution < 1.29 is 4.74 Å². The van der Waals surface area contributed by atoms with E-state index >= 15 is 0 Å². The molecule has 1 unspecified atom stereocenters. The number of nitriles is 1. The predicted molar refractivity (Wildman–Crippen MR) is 68.8 cm³/mol. The molecular weight excluding hydrogens is 212 g/mol. The molecule has 0 fully saturated rings. The number of ether oxygens (including phenoxy) is 1. The summed E-state index contributed by atoms with van der Waals surface area (Å²) in [4.78, 5) is 2.07. The first-order valence-corrected chi connectivity index (χ1v) is 5.64. The van der Waals surface area contributed by atoms with Gasteiger partial charge in [-0.2, -0.15) is 5.26 Å². The summed E-state index contributed by atoms with van der Waals surface area (Å²) in [5.74, 6) is 0.834. The van der Waals surface area contributed by atoms with Crippen LogP contribution >= 0.6 is 0 Å². The Hall–Kier alpha value is -1.53. The van der Waals surface area contributed by atoms with E-state index in [4.69, 9.17) is 4.74 Å². The zero-order valence-electron chi connectivity index (χ0n) is 11.2. The minimum Gasteiger partial charge on any atom is -0.497 e. The first kappa shape index (κ1) is 13.5. The summed E-state index contributed by atoms with van der Waals surface area (Å²) in [5, 5.41) is 9.27. The summed E-state index contributed by atoms with van der Waals surface area (Å²) >= 11 is 0. The first-order chi connectivity index (χ1) is 7.92. The van der Waals surface area contributed by atoms with Crippen LogP contribution in [0.4, 0.5) is 0 Å². The molecule has 1 rings (SSSR count). The molecule has 17 heavy (non-hydrogen) atoms. The Morgan fingerprint density at radius 2 is 1.76 bits per heavy atom. The molecule has 0 saturated heterocycles. The first-order valence-electron chi connectivity index (χ1n) is 5.64. The lowest BCUT2D eigenvalue weighted by Gasteiger charge is -2.34. The van der Waals surface area contributed by atoms with Crippen LogP contribution in [0.25, 0.3) is 0 Å². The van der Waals surface area contributed by atoms with Crippen molar-refractivity contribution in [2.24, 2.45) is 5.41 Å². The Morgan fingerprint density at radius 1 is 1.24 bits per heavy atom. The lowest BCUT2D eigenvalue weighted by molar-refractivity contribution is 0.185. The molecule has 1 atom stereocenters. The topological polar surface area (TPSA) is 36.3 Å². The second-order valence-electron chi connectivity index (χ2n) is 4.97. The van der Waals surface area contributed by atoms with E-state index in [-0.39, 0.29) is 6.04 Å². The lowest BCUT2D eigenvalue weighted by atomic mass is 9.81. The van der Waals surface area contributed by atoms with Crippen molar-refractivity contribution in [1.29, 1.82) is 5.26 Å². The maximum absolute atomic E-state index is 9.27. The summed E-state index contributed by atoms with van der Waals surface area (Å²) in [6.07, 6.45) is 0. The molecule has 0 amide bonds. The number of hydrogen-bond acceptors (Lipinski definition) is 3. The number of nitrogens with zero attached hydrogens (tertiary/aromatic N) is 2. The van der Waals surface area contributed by atoms with Gasteiger partial charge in [-0.3, -0.25) is 0 Å². The Morgan fingerprint density at radius 3 is 2.12 bits per heavy atom. The van der Waals surface area contributed by atoms with Gasteiger partial charge in [-0.05, 0) is 45.6 Å². The summed E-state index contributed by atoms with van der Waals surface area (Å²) in [6, 6.07) is 10.3. The van der Waals surface area contributed by atoms with Gasteiger partial charge in [0.1, 0.15) is 5.75 Å². The van der Waals surface area contributed by atoms with E-state index < -0.39 is 5.41 Å². The van der Waals surface area contributed by atoms with Crippen LogP contribution in [0.3, 0.4) is 0 Å². The van der Waals surface area contributed by atoms with E-state index in [0.717, 1.165) is 11.3 Å². The van der Waals surface area contributed by atoms with E-state index in [1.165, 1.54) is 0 Å². The molecule has 0 heterocycles. The average Bonchev–Trinajstić information content (AvgIpc) is 2.29. The van der Waals surface area contributed by atoms with Crippen molar-refractivity contribution in [3.05, 3.63) is 29.8 Å². The molecule has 0 aliphatic rings. The predicted octanol–water partition coefficient (Wildman–Crippen LogP) is 2.85. The van der Waals surface area contributed by atoms with Crippen LogP contribution < -0.4 is 4.74 Å². The van der Waals surface area contributed by atoms with Crippen molar-refractivity contribution in [1.82, 2.24) is 4.90 Å². The van der Waals surface area contributed by atoms with Crippen molar-refractivity contribution in [2.75, 3.05) is 21.2 Å². The third-order valence-electron chi connectivity index (χ3n) is 2.92. The number of methoxy groups -OCH3 is 1. The van der Waals surface area contributed by atoms with Gasteiger partial charge in [-0.1, -0.05) is 12.1 Å². The molecule has 3 nitrogen and oxygen atoms in total. The Labute approximate surface area is 104 Å². The molecule has 0 aliphatic heterocycles. The van der Waals surface area contributed by atoms with Gasteiger partial charge in [0, 0.05) is 0 Å². The van der Waals surface area contributed by atoms with Crippen LogP contribution in [-0.2, 0) is 0 Å². The molecule has 0 radical (unpaired) electrons. The van der Waals surface area contributed by atoms with Gasteiger partial charge >= 0.3 is 0 Å². The van der Waals surface area contributed by atoms with Gasteiger partial charge in [0.25, 0.3) is 0 Å². The highest BCUT2D eigenvalue weighted by Crippen LogP contribution is 2.36. The summed E-state index contributed by atoms with van der Waals surface area (Å²) in [6.45, 7) is 3.92. The third kappa shape index (κ3) is 2.98. The standard InChI is InChI=1S/C14H20N2O/c1-14(2,10-15)13(16(3)4)11-6-8-12(17-5)9-7-11/h6-9,13H,1-5H3. The van der Waals surface area contributed by atoms with Gasteiger partial charge in [-0.25, -0.2) is 0 Å². The summed E-state index contributed by atoms with van der Waals surface area (Å²) in [7, 11) is 5.64. The van der Waals surface area contributed by atoms with E-state index in [1.54, 1.807) is 7.11 Å². The minimum atomic E-state index is -0.432. The largest absolute Gasteiger partial charge is 0.497 e. The van der Waals surface area contributed by atoms with Crippen LogP contribution in [0.1, 0.15) is 25.5 Å². The Balaban J connectivity index is 3.11. The number of benzene rings is 1. The van der Waals surface area contributed by atoms with Crippen LogP contribution in [0.15, 0.2) is 24.3 Å². The van der Waals surface area contributed by atoms with Crippen molar-refractivity contribution in [3.63, 3.8) is 0 Å². The highest BCUT2D eigenvalue weighted by Gasteiger charge is 2.32. The van der Waals surface area contributed by atoms with Crippen LogP contribution in [-0.4, -0.2) is 26.1 Å². The zero-order valence-corrected chi connectivity index (χ0v) is 11.2. The summed E-state index contributed by atoms with van der Waals surface area (Å²) < 4.78 is 5.14.